The van der Waals surface area contributed by atoms with Crippen LogP contribution in [-0.2, 0) is 0 Å². The van der Waals surface area contributed by atoms with E-state index in [4.69, 9.17) is 20.9 Å². The molecule has 8 rings (SSSR count). The lowest BCUT2D eigenvalue weighted by atomic mass is 9.95. The van der Waals surface area contributed by atoms with Gasteiger partial charge in [-0.3, -0.25) is 4.90 Å². The number of pyridine rings is 1. The summed E-state index contributed by atoms with van der Waals surface area (Å²) in [6, 6.07) is 5.86. The predicted octanol–water partition coefficient (Wildman–Crippen LogP) is 5.96. The molecule has 2 saturated carbocycles. The van der Waals surface area contributed by atoms with Crippen LogP contribution in [-0.4, -0.2) is 82.6 Å². The third kappa shape index (κ3) is 6.19. The number of benzene rings is 2. The molecule has 4 aliphatic rings. The number of ether oxygens (including phenoxy) is 2. The van der Waals surface area contributed by atoms with Crippen molar-refractivity contribution < 1.29 is 27.8 Å². The number of phenols is 1. The number of halogens is 3. The maximum absolute atomic E-state index is 17.0. The van der Waals surface area contributed by atoms with Gasteiger partial charge in [-0.05, 0) is 68.7 Å². The van der Waals surface area contributed by atoms with Gasteiger partial charge in [0.1, 0.15) is 40.2 Å². The number of alkyl halides is 1. The molecule has 0 bridgehead atoms. The number of hydrogen-bond acceptors (Lipinski definition) is 9. The van der Waals surface area contributed by atoms with Crippen LogP contribution in [0, 0.1) is 35.3 Å². The molecule has 2 aromatic carbocycles. The number of aromatic hydroxyl groups is 1. The number of nitrogens with zero attached hydrogens (tertiary/aromatic N) is 4. The molecule has 9 nitrogen and oxygen atoms in total. The van der Waals surface area contributed by atoms with Crippen molar-refractivity contribution in [1.29, 1.82) is 0 Å². The van der Waals surface area contributed by atoms with E-state index < -0.39 is 17.8 Å². The second kappa shape index (κ2) is 12.5. The molecule has 3 N–H and O–H groups in total. The molecular formula is C37H39F3N6O3. The van der Waals surface area contributed by atoms with E-state index in [0.717, 1.165) is 45.2 Å². The molecule has 12 heteroatoms. The average Bonchev–Trinajstić information content (AvgIpc) is 4.02. The van der Waals surface area contributed by atoms with Crippen molar-refractivity contribution in [2.45, 2.75) is 63.7 Å². The van der Waals surface area contributed by atoms with E-state index in [-0.39, 0.29) is 74.2 Å². The predicted molar refractivity (Wildman–Crippen MR) is 181 cm³/mol. The fourth-order valence-corrected chi connectivity index (χ4v) is 7.37. The topological polar surface area (TPSA) is 105 Å². The Kier molecular flexibility index (Phi) is 8.15. The summed E-state index contributed by atoms with van der Waals surface area (Å²) in [5, 5.41) is 18.7. The van der Waals surface area contributed by atoms with E-state index in [2.05, 4.69) is 38.3 Å². The van der Waals surface area contributed by atoms with Gasteiger partial charge in [-0.1, -0.05) is 18.9 Å². The van der Waals surface area contributed by atoms with Gasteiger partial charge in [0.05, 0.1) is 18.8 Å². The molecule has 0 unspecified atom stereocenters. The number of terminal acetylenes is 1. The SMILES string of the molecule is C#Cc1c(F)ccc2cc(O)cc(-c3nc4c5c(nc(OCC6(CN7CCC[C@H](F)C7)CC6)nc5c3F)NC[C@@H](CC)N[C@H]3C[C@@H]3CO4)c12. The van der Waals surface area contributed by atoms with Crippen molar-refractivity contribution in [3.63, 3.8) is 0 Å². The Balaban J connectivity index is 1.25. The third-order valence-corrected chi connectivity index (χ3v) is 10.5. The Hall–Kier alpha value is -4.34. The van der Waals surface area contributed by atoms with E-state index in [0.29, 0.717) is 43.9 Å². The first kappa shape index (κ1) is 31.9. The highest BCUT2D eigenvalue weighted by atomic mass is 19.1. The highest BCUT2D eigenvalue weighted by molar-refractivity contribution is 6.04. The van der Waals surface area contributed by atoms with Crippen molar-refractivity contribution in [1.82, 2.24) is 25.2 Å². The van der Waals surface area contributed by atoms with E-state index in [1.54, 1.807) is 0 Å². The number of nitrogens with one attached hydrogen (secondary N) is 2. The molecule has 0 amide bonds. The van der Waals surface area contributed by atoms with Gasteiger partial charge in [0.25, 0.3) is 0 Å². The largest absolute Gasteiger partial charge is 0.508 e. The highest BCUT2D eigenvalue weighted by Gasteiger charge is 2.46. The van der Waals surface area contributed by atoms with Gasteiger partial charge >= 0.3 is 6.01 Å². The van der Waals surface area contributed by atoms with Gasteiger partial charge in [0.2, 0.25) is 5.88 Å². The van der Waals surface area contributed by atoms with Crippen LogP contribution in [0.5, 0.6) is 17.6 Å². The van der Waals surface area contributed by atoms with Crippen molar-refractivity contribution in [2.75, 3.05) is 44.7 Å². The molecule has 4 heterocycles. The van der Waals surface area contributed by atoms with Crippen LogP contribution in [0.1, 0.15) is 51.0 Å². The first-order chi connectivity index (χ1) is 23.7. The van der Waals surface area contributed by atoms with Crippen molar-refractivity contribution in [3.05, 3.63) is 41.5 Å². The molecule has 256 valence electrons. The summed E-state index contributed by atoms with van der Waals surface area (Å²) < 4.78 is 58.7. The zero-order chi connectivity index (χ0) is 33.9. The molecule has 0 radical (unpaired) electrons. The zero-order valence-electron chi connectivity index (χ0n) is 27.4. The normalized spacial score (nSPS) is 24.6. The maximum Gasteiger partial charge on any atom is 0.319 e. The summed E-state index contributed by atoms with van der Waals surface area (Å²) in [6.45, 7) is 5.26. The molecule has 2 aliphatic heterocycles. The van der Waals surface area contributed by atoms with Crippen LogP contribution in [0.4, 0.5) is 19.0 Å². The quantitative estimate of drug-likeness (QED) is 0.205. The molecule has 1 saturated heterocycles. The van der Waals surface area contributed by atoms with Crippen molar-refractivity contribution in [2.24, 2.45) is 11.3 Å². The molecule has 2 aliphatic carbocycles. The number of aromatic nitrogens is 3. The first-order valence-corrected chi connectivity index (χ1v) is 17.2. The molecule has 0 spiro atoms. The van der Waals surface area contributed by atoms with Gasteiger partial charge < -0.3 is 25.2 Å². The van der Waals surface area contributed by atoms with E-state index in [1.807, 2.05) is 0 Å². The monoisotopic (exact) mass is 672 g/mol. The fraction of sp³-hybridized carbons (Fsp3) is 0.486. The number of phenolic OH excluding ortho intramolecular Hbond substituents is 1. The lowest BCUT2D eigenvalue weighted by Crippen LogP contribution is -2.41. The van der Waals surface area contributed by atoms with Gasteiger partial charge in [-0.25, -0.2) is 18.2 Å². The zero-order valence-corrected chi connectivity index (χ0v) is 27.4. The smallest absolute Gasteiger partial charge is 0.319 e. The molecule has 4 atom stereocenters. The Bertz CT molecular complexity index is 1980. The summed E-state index contributed by atoms with van der Waals surface area (Å²) in [7, 11) is 0. The minimum atomic E-state index is -0.815. The number of rotatable bonds is 7. The highest BCUT2D eigenvalue weighted by Crippen LogP contribution is 2.47. The second-order valence-corrected chi connectivity index (χ2v) is 14.1. The van der Waals surface area contributed by atoms with E-state index in [9.17, 15) is 13.9 Å². The molecular weight excluding hydrogens is 633 g/mol. The summed E-state index contributed by atoms with van der Waals surface area (Å²) in [6.07, 6.45) is 10.0. The van der Waals surface area contributed by atoms with Gasteiger partial charge in [-0.15, -0.1) is 6.42 Å². The summed E-state index contributed by atoms with van der Waals surface area (Å²) in [4.78, 5) is 16.2. The number of hydrogen-bond donors (Lipinski definition) is 3. The van der Waals surface area contributed by atoms with Gasteiger partial charge in [-0.2, -0.15) is 9.97 Å². The molecule has 2 aromatic heterocycles. The number of piperidine rings is 1. The molecule has 4 aromatic rings. The van der Waals surface area contributed by atoms with Crippen molar-refractivity contribution in [3.8, 4) is 41.2 Å². The van der Waals surface area contributed by atoms with Crippen LogP contribution in [0.25, 0.3) is 32.9 Å². The number of likely N-dealkylation sites (tertiary alicyclic amines) is 1. The fourth-order valence-electron chi connectivity index (χ4n) is 7.37. The van der Waals surface area contributed by atoms with E-state index >= 15 is 4.39 Å². The Labute approximate surface area is 282 Å². The lowest BCUT2D eigenvalue weighted by molar-refractivity contribution is 0.0974. The third-order valence-electron chi connectivity index (χ3n) is 10.5. The Morgan fingerprint density at radius 2 is 2.04 bits per heavy atom. The second-order valence-electron chi connectivity index (χ2n) is 14.1. The van der Waals surface area contributed by atoms with Gasteiger partial charge in [0.15, 0.2) is 5.82 Å². The maximum atomic E-state index is 17.0. The van der Waals surface area contributed by atoms with Crippen LogP contribution in [0.3, 0.4) is 0 Å². The number of anilines is 1. The summed E-state index contributed by atoms with van der Waals surface area (Å²) in [5.74, 6) is 1.43. The Morgan fingerprint density at radius 1 is 1.18 bits per heavy atom. The first-order valence-electron chi connectivity index (χ1n) is 17.2. The minimum absolute atomic E-state index is 0.0138. The van der Waals surface area contributed by atoms with E-state index in [1.165, 1.54) is 24.3 Å². The van der Waals surface area contributed by atoms with Crippen LogP contribution in [0.15, 0.2) is 24.3 Å². The van der Waals surface area contributed by atoms with Crippen LogP contribution < -0.4 is 20.1 Å². The molecule has 3 fully saturated rings. The summed E-state index contributed by atoms with van der Waals surface area (Å²) >= 11 is 0. The molecule has 49 heavy (non-hydrogen) atoms. The van der Waals surface area contributed by atoms with Crippen LogP contribution >= 0.6 is 0 Å². The Morgan fingerprint density at radius 3 is 2.82 bits per heavy atom. The van der Waals surface area contributed by atoms with Crippen molar-refractivity contribution >= 4 is 27.5 Å². The lowest BCUT2D eigenvalue weighted by Gasteiger charge is -2.32. The summed E-state index contributed by atoms with van der Waals surface area (Å²) in [5.41, 5.74) is -0.398. The minimum Gasteiger partial charge on any atom is -0.508 e. The number of fused-ring (bicyclic) bond motifs is 2. The van der Waals surface area contributed by atoms with Gasteiger partial charge in [0, 0.05) is 54.0 Å². The average molecular weight is 673 g/mol. The standard InChI is InChI=1S/C37H39F3N6O3/c1-3-23-15-41-34-30-33(44-36(45-34)49-19-37(9-10-37)18-46-11-5-6-22(38)16-46)31(40)32(43-35(30)48-17-21-13-28(21)42-23)26-14-24(47)12-20-7-8-27(39)25(4-2)29(20)26/h2,7-8,12,14,21-23,28,42,47H,3,5-6,9-11,13,15-19H2,1H3,(H,41,44,45)/t21-,22+,23-,28+/m1/s1. The van der Waals surface area contributed by atoms with Crippen LogP contribution in [0.2, 0.25) is 0 Å².